The lowest BCUT2D eigenvalue weighted by molar-refractivity contribution is -0.138. The number of urea groups is 5. The third-order valence-electron chi connectivity index (χ3n) is 28.0. The first-order chi connectivity index (χ1) is 66.2. The molecule has 8 aliphatic heterocycles. The van der Waals surface area contributed by atoms with E-state index in [9.17, 15) is 38.4 Å². The number of hydrogen-bond donors (Lipinski definition) is 2. The quantitative estimate of drug-likeness (QED) is 0.0644. The van der Waals surface area contributed by atoms with E-state index in [-0.39, 0.29) is 73.9 Å². The van der Waals surface area contributed by atoms with Gasteiger partial charge in [-0.05, 0) is 205 Å². The number of rotatable bonds is 32. The van der Waals surface area contributed by atoms with E-state index in [1.807, 2.05) is 104 Å². The average Bonchev–Trinajstić information content (AvgIpc) is 0.805. The van der Waals surface area contributed by atoms with E-state index in [0.717, 1.165) is 232 Å². The molecule has 808 valence electrons. The zero-order valence-electron chi connectivity index (χ0n) is 93.4. The zero-order valence-corrected chi connectivity index (χ0v) is 93.4. The minimum absolute atomic E-state index is 0.00431. The maximum atomic E-state index is 12.6. The monoisotopic (exact) mass is 1980 g/mol. The molecule has 0 saturated carbocycles. The van der Waals surface area contributed by atoms with Crippen molar-refractivity contribution in [1.82, 2.24) is 83.3 Å². The van der Waals surface area contributed by atoms with E-state index >= 15 is 0 Å². The van der Waals surface area contributed by atoms with Crippen LogP contribution in [0.15, 0.2) is 48.5 Å². The molecule has 8 saturated heterocycles. The number of piperidine rings is 1. The lowest BCUT2D eigenvalue weighted by atomic mass is 9.71. The molecule has 2 N–H and O–H groups in total. The largest absolute Gasteiger partial charge is 0.497 e. The Hall–Kier alpha value is -7.32. The molecule has 8 fully saturated rings. The Bertz CT molecular complexity index is 3720. The van der Waals surface area contributed by atoms with Crippen molar-refractivity contribution in [2.75, 3.05) is 309 Å². The highest BCUT2D eigenvalue weighted by atomic mass is 16.5. The molecule has 0 spiro atoms. The van der Waals surface area contributed by atoms with Crippen LogP contribution in [0.25, 0.3) is 0 Å². The Balaban J connectivity index is 0.000000413. The predicted molar refractivity (Wildman–Crippen MR) is 568 cm³/mol. The van der Waals surface area contributed by atoms with Crippen LogP contribution in [-0.2, 0) is 28.6 Å². The number of aliphatic hydroxyl groups is 2. The van der Waals surface area contributed by atoms with Gasteiger partial charge in [-0.1, -0.05) is 46.8 Å². The number of carbonyl (C=O) groups excluding carboxylic acids is 8. The van der Waals surface area contributed by atoms with E-state index < -0.39 is 0 Å². The number of anilines is 2. The molecule has 0 bridgehead atoms. The molecular weight excluding hydrogens is 1780 g/mol. The second-order valence-electron chi connectivity index (χ2n) is 41.7. The molecule has 0 aliphatic carbocycles. The lowest BCUT2D eigenvalue weighted by Crippen LogP contribution is -2.55. The number of para-hydroxylation sites is 2. The van der Waals surface area contributed by atoms with Gasteiger partial charge in [0.05, 0.1) is 52.9 Å². The molecular formula is C106H199N19O15. The van der Waals surface area contributed by atoms with Crippen LogP contribution in [0.5, 0.6) is 11.5 Å². The fraction of sp³-hybridized carbons (Fsp3) is 0.811. The smallest absolute Gasteiger partial charge is 0.324 e. The highest BCUT2D eigenvalue weighted by Crippen LogP contribution is 2.39. The summed E-state index contributed by atoms with van der Waals surface area (Å²) >= 11 is 0. The van der Waals surface area contributed by atoms with Gasteiger partial charge in [0.25, 0.3) is 0 Å². The van der Waals surface area contributed by atoms with Crippen molar-refractivity contribution in [1.29, 1.82) is 0 Å². The van der Waals surface area contributed by atoms with Gasteiger partial charge in [-0.2, -0.15) is 0 Å². The summed E-state index contributed by atoms with van der Waals surface area (Å²) < 4.78 is 25.6. The molecule has 140 heavy (non-hydrogen) atoms. The van der Waals surface area contributed by atoms with Crippen molar-refractivity contribution in [3.8, 4) is 11.5 Å². The van der Waals surface area contributed by atoms with Crippen molar-refractivity contribution in [3.05, 3.63) is 48.5 Å². The van der Waals surface area contributed by atoms with Crippen LogP contribution in [0.2, 0.25) is 0 Å². The number of ketones is 2. The summed E-state index contributed by atoms with van der Waals surface area (Å²) in [5.74, 6) is 3.86. The highest BCUT2D eigenvalue weighted by molar-refractivity contribution is 5.93. The number of aliphatic hydroxyl groups excluding tert-OH is 2. The standard InChI is InChI=1S/2C16H25N3O2.C15H29NO.C14H29N3O3.C13H27N3O2.C11H22N2O3.C11H21NO.C10H21N3O/c1-13(2)18-9-11-19(12-10-18)16(20)17(3)14-5-7-15(21-4)8-6-14;1-13(2)18-9-11-19(12-10-18)16(20)17(3)14-7-5-6-8-15(14)21-4;1-6-15(14(17)11-12(2)3)7-9-16(10-8-15)13(4)5;1-13(2)15-5-7-16(8-6-15)14(18)17(9-11-19-3)10-12-20-4;1-11(2)14-5-7-15(8-6-14)13(18)16(9-10-17)12(3)4;1-10(2)12-3-5-13(6-4-12)11(15)9-16-8-7-14;1-8(2)5-11(13)10-6-12(7-10)9(3)4;1-9(2)12-5-7-13(8-6-12)10(14)11(3)4/h2*5-8,13H,9-12H2,1-4H3;12-13H,6-11H2,1-5H3;13H,5-12H2,1-4H3;11-12,17H,5-10H2,1-4H3;10,14H,3-9H2,1-2H3;8-10H,5-7H2,1-4H3;9H,5-8H2,1-4H3. The van der Waals surface area contributed by atoms with Crippen molar-refractivity contribution in [2.45, 2.75) is 246 Å². The topological polar surface area (TPSA) is 285 Å². The molecule has 34 nitrogen and oxygen atoms in total. The van der Waals surface area contributed by atoms with Crippen LogP contribution in [-0.4, -0.2) is 495 Å². The Morgan fingerprint density at radius 3 is 1.06 bits per heavy atom. The Morgan fingerprint density at radius 2 is 0.729 bits per heavy atom. The van der Waals surface area contributed by atoms with E-state index in [4.69, 9.17) is 33.9 Å². The van der Waals surface area contributed by atoms with E-state index in [0.29, 0.717) is 116 Å². The maximum Gasteiger partial charge on any atom is 0.324 e. The van der Waals surface area contributed by atoms with Gasteiger partial charge in [0.15, 0.2) is 0 Å². The highest BCUT2D eigenvalue weighted by Gasteiger charge is 2.41. The van der Waals surface area contributed by atoms with Crippen molar-refractivity contribution < 1.29 is 72.3 Å². The molecule has 2 aromatic carbocycles. The SMILES string of the molecule is CC(C)CC(=O)C1CN(C(C)C)C1.CC(C)N1CCN(C(=O)COCCO)CC1.CC(C)N1CCN(C(=O)N(C)C)CC1.CC(C)N1CCN(C(=O)N(CCO)C(C)C)CC1.CCC1(C(=O)CC(C)C)CCN(C(C)C)CC1.COCCN(CCOC)C(=O)N1CCN(C(C)C)CC1.COc1ccc(N(C)C(=O)N2CCN(C(C)C)CC2)cc1.COc1ccccc1N(C)C(=O)N1CCN(C(C)C)CC1. The van der Waals surface area contributed by atoms with Gasteiger partial charge in [0.1, 0.15) is 29.7 Å². The van der Waals surface area contributed by atoms with E-state index in [1.165, 1.54) is 0 Å². The van der Waals surface area contributed by atoms with Gasteiger partial charge in [-0.3, -0.25) is 58.5 Å². The number of benzene rings is 2. The third-order valence-corrected chi connectivity index (χ3v) is 28.0. The number of Topliss-reactive ketones (excluding diaryl/α,β-unsaturated/α-hetero) is 2. The molecule has 10 rings (SSSR count). The molecule has 2 aromatic rings. The number of likely N-dealkylation sites (tertiary alicyclic amines) is 2. The Labute approximate surface area is 848 Å². The molecule has 34 heteroatoms. The first kappa shape index (κ1) is 127. The third kappa shape index (κ3) is 44.3. The Kier molecular flexibility index (Phi) is 61.0. The average molecular weight is 1980 g/mol. The maximum absolute atomic E-state index is 12.6. The summed E-state index contributed by atoms with van der Waals surface area (Å²) in [6.45, 7) is 78.0. The van der Waals surface area contributed by atoms with Crippen molar-refractivity contribution >= 4 is 59.0 Å². The minimum Gasteiger partial charge on any atom is -0.497 e. The first-order valence-electron chi connectivity index (χ1n) is 52.6. The van der Waals surface area contributed by atoms with Gasteiger partial charge in [-0.15, -0.1) is 0 Å². The Morgan fingerprint density at radius 1 is 0.379 bits per heavy atom. The summed E-state index contributed by atoms with van der Waals surface area (Å²) in [6.07, 6.45) is 4.66. The van der Waals surface area contributed by atoms with Crippen LogP contribution in [0, 0.1) is 23.2 Å². The summed E-state index contributed by atoms with van der Waals surface area (Å²) in [7, 11) is 13.8. The van der Waals surface area contributed by atoms with Gasteiger partial charge in [-0.25, -0.2) is 24.0 Å². The molecule has 11 amide bonds. The summed E-state index contributed by atoms with van der Waals surface area (Å²) in [4.78, 5) is 136. The van der Waals surface area contributed by atoms with Gasteiger partial charge in [0, 0.05) is 316 Å². The van der Waals surface area contributed by atoms with Crippen LogP contribution in [0.1, 0.15) is 191 Å². The number of methoxy groups -OCH3 is 4. The van der Waals surface area contributed by atoms with E-state index in [2.05, 4.69) is 185 Å². The molecule has 0 aromatic heterocycles. The first-order valence-corrected chi connectivity index (χ1v) is 52.6. The normalized spacial score (nSPS) is 17.8. The van der Waals surface area contributed by atoms with Crippen molar-refractivity contribution in [2.24, 2.45) is 23.2 Å². The molecule has 0 unspecified atom stereocenters. The van der Waals surface area contributed by atoms with Gasteiger partial charge in [0.2, 0.25) is 5.91 Å². The predicted octanol–water partition coefficient (Wildman–Crippen LogP) is 11.8. The molecule has 0 atom stereocenters. The van der Waals surface area contributed by atoms with Gasteiger partial charge < -0.3 is 82.9 Å². The number of hydrogen-bond acceptors (Lipinski definition) is 23. The van der Waals surface area contributed by atoms with Crippen LogP contribution < -0.4 is 19.3 Å². The van der Waals surface area contributed by atoms with E-state index in [1.54, 1.807) is 69.2 Å². The van der Waals surface area contributed by atoms with Crippen LogP contribution in [0.3, 0.4) is 0 Å². The number of piperazine rings is 6. The summed E-state index contributed by atoms with van der Waals surface area (Å²) in [6, 6.07) is 20.2. The molecule has 8 aliphatic rings. The lowest BCUT2D eigenvalue weighted by Gasteiger charge is -2.42. The molecule has 8 heterocycles. The van der Waals surface area contributed by atoms with Crippen LogP contribution in [0.4, 0.5) is 35.3 Å². The number of carbonyl (C=O) groups is 8. The number of nitrogens with zero attached hydrogens (tertiary/aromatic N) is 19. The second kappa shape index (κ2) is 67.4. The zero-order chi connectivity index (χ0) is 105. The number of ether oxygens (including phenoxy) is 5. The summed E-state index contributed by atoms with van der Waals surface area (Å²) in [5.41, 5.74) is 1.68. The number of amides is 11. The van der Waals surface area contributed by atoms with Crippen molar-refractivity contribution in [3.63, 3.8) is 0 Å². The fourth-order valence-corrected chi connectivity index (χ4v) is 17.9. The summed E-state index contributed by atoms with van der Waals surface area (Å²) in [5, 5.41) is 17.6. The second-order valence-corrected chi connectivity index (χ2v) is 41.7. The molecule has 0 radical (unpaired) electrons. The van der Waals surface area contributed by atoms with Crippen LogP contribution >= 0.6 is 0 Å². The minimum atomic E-state index is -0.0333. The van der Waals surface area contributed by atoms with Gasteiger partial charge >= 0.3 is 30.2 Å². The fourth-order valence-electron chi connectivity index (χ4n) is 17.9.